The van der Waals surface area contributed by atoms with E-state index in [-0.39, 0.29) is 12.0 Å². The van der Waals surface area contributed by atoms with Gasteiger partial charge in [-0.3, -0.25) is 0 Å². The maximum absolute atomic E-state index is 12.3. The van der Waals surface area contributed by atoms with Crippen molar-refractivity contribution in [3.8, 4) is 11.4 Å². The predicted molar refractivity (Wildman–Crippen MR) is 94.3 cm³/mol. The van der Waals surface area contributed by atoms with E-state index in [1.807, 2.05) is 52.0 Å². The molecule has 0 radical (unpaired) electrons. The average Bonchev–Trinajstić information content (AvgIpc) is 3.03. The summed E-state index contributed by atoms with van der Waals surface area (Å²) in [5, 5.41) is 4.13. The van der Waals surface area contributed by atoms with Gasteiger partial charge in [0, 0.05) is 18.7 Å². The molecule has 0 aliphatic carbocycles. The summed E-state index contributed by atoms with van der Waals surface area (Å²) in [5.74, 6) is 1.24. The highest BCUT2D eigenvalue weighted by Crippen LogP contribution is 2.29. The van der Waals surface area contributed by atoms with E-state index < -0.39 is 5.60 Å². The number of rotatable bonds is 2. The Morgan fingerprint density at radius 3 is 2.80 bits per heavy atom. The highest BCUT2D eigenvalue weighted by Gasteiger charge is 2.31. The van der Waals surface area contributed by atoms with Crippen molar-refractivity contribution in [2.75, 3.05) is 13.1 Å². The van der Waals surface area contributed by atoms with Crippen LogP contribution in [0.2, 0.25) is 0 Å². The van der Waals surface area contributed by atoms with E-state index in [0.717, 1.165) is 24.0 Å². The molecule has 1 aliphatic rings. The molecule has 2 heterocycles. The highest BCUT2D eigenvalue weighted by atomic mass is 16.6. The maximum atomic E-state index is 12.3. The largest absolute Gasteiger partial charge is 0.444 e. The molecule has 25 heavy (non-hydrogen) atoms. The van der Waals surface area contributed by atoms with Crippen molar-refractivity contribution in [3.63, 3.8) is 0 Å². The minimum Gasteiger partial charge on any atom is -0.444 e. The van der Waals surface area contributed by atoms with E-state index in [1.54, 1.807) is 4.90 Å². The first kappa shape index (κ1) is 17.5. The van der Waals surface area contributed by atoms with Crippen LogP contribution in [-0.4, -0.2) is 39.8 Å². The van der Waals surface area contributed by atoms with E-state index in [1.165, 1.54) is 0 Å². The average molecular weight is 343 g/mol. The van der Waals surface area contributed by atoms with Crippen molar-refractivity contribution < 1.29 is 14.1 Å². The molecule has 6 nitrogen and oxygen atoms in total. The molecule has 1 amide bonds. The molecule has 0 saturated carbocycles. The summed E-state index contributed by atoms with van der Waals surface area (Å²) >= 11 is 0. The summed E-state index contributed by atoms with van der Waals surface area (Å²) < 4.78 is 11.0. The first-order valence-electron chi connectivity index (χ1n) is 8.71. The van der Waals surface area contributed by atoms with Gasteiger partial charge in [0.1, 0.15) is 5.60 Å². The molecule has 0 spiro atoms. The number of amides is 1. The van der Waals surface area contributed by atoms with Crippen molar-refractivity contribution in [2.24, 2.45) is 0 Å². The molecule has 1 aromatic heterocycles. The molecule has 2 aromatic rings. The minimum absolute atomic E-state index is 0.0477. The lowest BCUT2D eigenvalue weighted by Gasteiger charge is -2.32. The SMILES string of the molecule is Cc1ccccc1-c1noc([C@H]2CCCN(C(=O)OC(C)(C)C)C2)n1. The van der Waals surface area contributed by atoms with Crippen LogP contribution in [0.4, 0.5) is 4.79 Å². The summed E-state index contributed by atoms with van der Waals surface area (Å²) in [6, 6.07) is 7.96. The number of aromatic nitrogens is 2. The van der Waals surface area contributed by atoms with Gasteiger partial charge in [0.25, 0.3) is 0 Å². The second kappa shape index (κ2) is 6.86. The molecule has 1 aliphatic heterocycles. The molecule has 3 rings (SSSR count). The number of piperidine rings is 1. The van der Waals surface area contributed by atoms with Crippen molar-refractivity contribution in [1.82, 2.24) is 15.0 Å². The first-order chi connectivity index (χ1) is 11.8. The number of benzene rings is 1. The number of hydrogen-bond donors (Lipinski definition) is 0. The van der Waals surface area contributed by atoms with Gasteiger partial charge in [0.05, 0.1) is 5.92 Å². The quantitative estimate of drug-likeness (QED) is 0.819. The topological polar surface area (TPSA) is 68.5 Å². The fourth-order valence-corrected chi connectivity index (χ4v) is 3.01. The van der Waals surface area contributed by atoms with Crippen LogP contribution < -0.4 is 0 Å². The molecule has 0 bridgehead atoms. The lowest BCUT2D eigenvalue weighted by molar-refractivity contribution is 0.0189. The lowest BCUT2D eigenvalue weighted by Crippen LogP contribution is -2.42. The zero-order valence-electron chi connectivity index (χ0n) is 15.3. The third kappa shape index (κ3) is 4.18. The van der Waals surface area contributed by atoms with E-state index in [2.05, 4.69) is 10.1 Å². The second-order valence-electron chi connectivity index (χ2n) is 7.54. The number of carbonyl (C=O) groups is 1. The van der Waals surface area contributed by atoms with Gasteiger partial charge in [0.2, 0.25) is 11.7 Å². The van der Waals surface area contributed by atoms with E-state index >= 15 is 0 Å². The lowest BCUT2D eigenvalue weighted by atomic mass is 9.98. The number of likely N-dealkylation sites (tertiary alicyclic amines) is 1. The zero-order chi connectivity index (χ0) is 18.0. The molecule has 1 saturated heterocycles. The smallest absolute Gasteiger partial charge is 0.410 e. The van der Waals surface area contributed by atoms with Gasteiger partial charge < -0.3 is 14.2 Å². The van der Waals surface area contributed by atoms with Crippen LogP contribution in [0.3, 0.4) is 0 Å². The molecule has 1 atom stereocenters. The molecule has 6 heteroatoms. The van der Waals surface area contributed by atoms with Gasteiger partial charge in [0.15, 0.2) is 0 Å². The van der Waals surface area contributed by atoms with Crippen LogP contribution in [0.1, 0.15) is 51.0 Å². The molecular formula is C19H25N3O3. The third-order valence-electron chi connectivity index (χ3n) is 4.25. The fourth-order valence-electron chi connectivity index (χ4n) is 3.01. The number of aryl methyl sites for hydroxylation is 1. The molecule has 0 unspecified atom stereocenters. The van der Waals surface area contributed by atoms with Crippen molar-refractivity contribution in [3.05, 3.63) is 35.7 Å². The summed E-state index contributed by atoms with van der Waals surface area (Å²) in [6.07, 6.45) is 1.54. The Morgan fingerprint density at radius 1 is 1.32 bits per heavy atom. The number of carbonyl (C=O) groups excluding carboxylic acids is 1. The third-order valence-corrected chi connectivity index (χ3v) is 4.25. The van der Waals surface area contributed by atoms with Crippen molar-refractivity contribution in [2.45, 2.75) is 52.1 Å². The Hall–Kier alpha value is -2.37. The molecule has 134 valence electrons. The van der Waals surface area contributed by atoms with Crippen molar-refractivity contribution in [1.29, 1.82) is 0 Å². The van der Waals surface area contributed by atoms with Crippen LogP contribution >= 0.6 is 0 Å². The Morgan fingerprint density at radius 2 is 2.08 bits per heavy atom. The predicted octanol–water partition coefficient (Wildman–Crippen LogP) is 4.16. The van der Waals surface area contributed by atoms with Crippen LogP contribution in [0.25, 0.3) is 11.4 Å². The van der Waals surface area contributed by atoms with Crippen LogP contribution in [0, 0.1) is 6.92 Å². The number of hydrogen-bond acceptors (Lipinski definition) is 5. The molecule has 1 aromatic carbocycles. The highest BCUT2D eigenvalue weighted by molar-refractivity contribution is 5.68. The van der Waals surface area contributed by atoms with E-state index in [0.29, 0.717) is 24.8 Å². The van der Waals surface area contributed by atoms with Gasteiger partial charge in [-0.2, -0.15) is 4.98 Å². The summed E-state index contributed by atoms with van der Waals surface area (Å²) in [5.41, 5.74) is 1.58. The van der Waals surface area contributed by atoms with E-state index in [9.17, 15) is 4.79 Å². The van der Waals surface area contributed by atoms with Gasteiger partial charge >= 0.3 is 6.09 Å². The maximum Gasteiger partial charge on any atom is 0.410 e. The van der Waals surface area contributed by atoms with Gasteiger partial charge in [-0.15, -0.1) is 0 Å². The summed E-state index contributed by atoms with van der Waals surface area (Å²) in [4.78, 5) is 18.6. The van der Waals surface area contributed by atoms with E-state index in [4.69, 9.17) is 9.26 Å². The van der Waals surface area contributed by atoms with Crippen molar-refractivity contribution >= 4 is 6.09 Å². The number of nitrogens with zero attached hydrogens (tertiary/aromatic N) is 3. The fraction of sp³-hybridized carbons (Fsp3) is 0.526. The zero-order valence-corrected chi connectivity index (χ0v) is 15.3. The second-order valence-corrected chi connectivity index (χ2v) is 7.54. The standard InChI is InChI=1S/C19H25N3O3/c1-13-8-5-6-10-15(13)16-20-17(25-21-16)14-9-7-11-22(12-14)18(23)24-19(2,3)4/h5-6,8,10,14H,7,9,11-12H2,1-4H3/t14-/m0/s1. The Balaban J connectivity index is 1.72. The molecule has 0 N–H and O–H groups in total. The number of ether oxygens (including phenoxy) is 1. The van der Waals surface area contributed by atoms with Gasteiger partial charge in [-0.1, -0.05) is 29.4 Å². The molecule has 1 fully saturated rings. The van der Waals surface area contributed by atoms with Gasteiger partial charge in [-0.25, -0.2) is 4.79 Å². The van der Waals surface area contributed by atoms with Crippen LogP contribution in [0.15, 0.2) is 28.8 Å². The van der Waals surface area contributed by atoms with Gasteiger partial charge in [-0.05, 0) is 46.1 Å². The Labute approximate surface area is 148 Å². The summed E-state index contributed by atoms with van der Waals surface area (Å²) in [7, 11) is 0. The normalized spacial score (nSPS) is 18.2. The van der Waals surface area contributed by atoms with Crippen LogP contribution in [0.5, 0.6) is 0 Å². The van der Waals surface area contributed by atoms with Crippen LogP contribution in [-0.2, 0) is 4.74 Å². The minimum atomic E-state index is -0.494. The monoisotopic (exact) mass is 343 g/mol. The molecular weight excluding hydrogens is 318 g/mol. The Bertz CT molecular complexity index is 748. The first-order valence-corrected chi connectivity index (χ1v) is 8.71. The Kier molecular flexibility index (Phi) is 4.79. The summed E-state index contributed by atoms with van der Waals surface area (Å²) in [6.45, 7) is 8.89.